The van der Waals surface area contributed by atoms with Crippen molar-refractivity contribution < 1.29 is 9.53 Å². The molecule has 1 aliphatic carbocycles. The predicted molar refractivity (Wildman–Crippen MR) is 64.8 cm³/mol. The van der Waals surface area contributed by atoms with Crippen LogP contribution >= 0.6 is 0 Å². The van der Waals surface area contributed by atoms with Crippen molar-refractivity contribution in [3.05, 3.63) is 0 Å². The molecule has 2 aliphatic heterocycles. The number of amides is 2. The fourth-order valence-corrected chi connectivity index (χ4v) is 3.13. The number of rotatable bonds is 3. The first-order chi connectivity index (χ1) is 8.15. The number of hydrogen-bond acceptors (Lipinski definition) is 2. The number of nitrogens with one attached hydrogen (secondary N) is 1. The molecule has 0 aromatic rings. The molecule has 96 valence electrons. The maximum atomic E-state index is 12.1. The van der Waals surface area contributed by atoms with Gasteiger partial charge in [0.05, 0.1) is 18.2 Å². The van der Waals surface area contributed by atoms with Gasteiger partial charge in [-0.2, -0.15) is 0 Å². The standard InChI is InChI=1S/C13H22N2O2/c1-8(9-3-4-9)15(2)13(16)14-11-7-10-5-6-12(11)17-10/h8-12H,3-7H2,1-2H3,(H,14,16)/t8-,10-,11-,12-/m1/s1. The van der Waals surface area contributed by atoms with E-state index in [1.807, 2.05) is 11.9 Å². The number of nitrogens with zero attached hydrogens (tertiary/aromatic N) is 1. The molecule has 4 nitrogen and oxygen atoms in total. The summed E-state index contributed by atoms with van der Waals surface area (Å²) in [7, 11) is 1.91. The van der Waals surface area contributed by atoms with Crippen molar-refractivity contribution in [2.75, 3.05) is 7.05 Å². The average molecular weight is 238 g/mol. The lowest BCUT2D eigenvalue weighted by Crippen LogP contribution is -2.49. The van der Waals surface area contributed by atoms with E-state index < -0.39 is 0 Å². The molecule has 1 N–H and O–H groups in total. The Kier molecular flexibility index (Phi) is 2.77. The van der Waals surface area contributed by atoms with Crippen LogP contribution in [0.5, 0.6) is 0 Å². The minimum Gasteiger partial charge on any atom is -0.373 e. The molecule has 3 aliphatic rings. The van der Waals surface area contributed by atoms with E-state index in [9.17, 15) is 4.79 Å². The van der Waals surface area contributed by atoms with E-state index in [4.69, 9.17) is 4.74 Å². The number of fused-ring (bicyclic) bond motifs is 2. The smallest absolute Gasteiger partial charge is 0.317 e. The SMILES string of the molecule is C[C@H](C1CC1)N(C)C(=O)N[C@@H]1C[C@H]2CC[C@H]1O2. The van der Waals surface area contributed by atoms with Crippen molar-refractivity contribution in [1.29, 1.82) is 0 Å². The molecule has 0 radical (unpaired) electrons. The van der Waals surface area contributed by atoms with Gasteiger partial charge in [0.1, 0.15) is 0 Å². The van der Waals surface area contributed by atoms with Crippen LogP contribution in [0, 0.1) is 5.92 Å². The molecule has 0 spiro atoms. The fourth-order valence-electron chi connectivity index (χ4n) is 3.13. The predicted octanol–water partition coefficient (Wildman–Crippen LogP) is 1.75. The third-order valence-electron chi connectivity index (χ3n) is 4.65. The first kappa shape index (κ1) is 11.3. The third kappa shape index (κ3) is 2.15. The molecule has 2 bridgehead atoms. The molecule has 17 heavy (non-hydrogen) atoms. The van der Waals surface area contributed by atoms with Gasteiger partial charge in [-0.15, -0.1) is 0 Å². The highest BCUT2D eigenvalue weighted by molar-refractivity contribution is 5.74. The Morgan fingerprint density at radius 1 is 1.35 bits per heavy atom. The molecule has 4 atom stereocenters. The zero-order chi connectivity index (χ0) is 12.0. The van der Waals surface area contributed by atoms with E-state index in [1.165, 1.54) is 19.3 Å². The van der Waals surface area contributed by atoms with Crippen molar-refractivity contribution in [3.8, 4) is 0 Å². The molecule has 2 heterocycles. The summed E-state index contributed by atoms with van der Waals surface area (Å²) < 4.78 is 5.75. The molecule has 0 unspecified atom stereocenters. The van der Waals surface area contributed by atoms with Gasteiger partial charge in [-0.1, -0.05) is 0 Å². The number of hydrogen-bond donors (Lipinski definition) is 1. The quantitative estimate of drug-likeness (QED) is 0.814. The van der Waals surface area contributed by atoms with Crippen LogP contribution in [-0.4, -0.2) is 42.3 Å². The monoisotopic (exact) mass is 238 g/mol. The number of carbonyl (C=O) groups is 1. The van der Waals surface area contributed by atoms with Gasteiger partial charge in [0, 0.05) is 13.1 Å². The second-order valence-electron chi connectivity index (χ2n) is 5.85. The zero-order valence-electron chi connectivity index (χ0n) is 10.7. The van der Waals surface area contributed by atoms with Gasteiger partial charge in [-0.05, 0) is 44.9 Å². The molecule has 1 saturated carbocycles. The molecular formula is C13H22N2O2. The normalized spacial score (nSPS) is 36.9. The van der Waals surface area contributed by atoms with Crippen LogP contribution in [0.3, 0.4) is 0 Å². The summed E-state index contributed by atoms with van der Waals surface area (Å²) in [6.07, 6.45) is 6.50. The summed E-state index contributed by atoms with van der Waals surface area (Å²) in [6, 6.07) is 0.690. The Labute approximate surface area is 103 Å². The van der Waals surface area contributed by atoms with Gasteiger partial charge in [-0.3, -0.25) is 0 Å². The minimum atomic E-state index is 0.0746. The van der Waals surface area contributed by atoms with Crippen LogP contribution in [0.2, 0.25) is 0 Å². The van der Waals surface area contributed by atoms with Crippen molar-refractivity contribution >= 4 is 6.03 Å². The summed E-state index contributed by atoms with van der Waals surface area (Å²) in [6.45, 7) is 2.15. The Bertz CT molecular complexity index is 317. The average Bonchev–Trinajstić information content (AvgIpc) is 2.98. The van der Waals surface area contributed by atoms with Gasteiger partial charge in [-0.25, -0.2) is 4.79 Å². The topological polar surface area (TPSA) is 41.6 Å². The van der Waals surface area contributed by atoms with Gasteiger partial charge in [0.15, 0.2) is 0 Å². The molecule has 0 aromatic carbocycles. The van der Waals surface area contributed by atoms with Crippen LogP contribution < -0.4 is 5.32 Å². The summed E-state index contributed by atoms with van der Waals surface area (Å²) in [4.78, 5) is 14.0. The highest BCUT2D eigenvalue weighted by Gasteiger charge is 2.42. The first-order valence-corrected chi connectivity index (χ1v) is 6.84. The molecule has 3 rings (SSSR count). The lowest BCUT2D eigenvalue weighted by Gasteiger charge is -2.28. The third-order valence-corrected chi connectivity index (χ3v) is 4.65. The van der Waals surface area contributed by atoms with Crippen LogP contribution in [0.25, 0.3) is 0 Å². The largest absolute Gasteiger partial charge is 0.373 e. The van der Waals surface area contributed by atoms with E-state index in [0.29, 0.717) is 12.1 Å². The summed E-state index contributed by atoms with van der Waals surface area (Å²) in [5.74, 6) is 0.724. The molecule has 3 fully saturated rings. The van der Waals surface area contributed by atoms with Crippen LogP contribution in [0.4, 0.5) is 4.79 Å². The van der Waals surface area contributed by atoms with E-state index in [0.717, 1.165) is 18.8 Å². The van der Waals surface area contributed by atoms with Crippen LogP contribution in [-0.2, 0) is 4.74 Å². The Balaban J connectivity index is 1.52. The van der Waals surface area contributed by atoms with Gasteiger partial charge in [0.2, 0.25) is 0 Å². The fraction of sp³-hybridized carbons (Fsp3) is 0.923. The highest BCUT2D eigenvalue weighted by Crippen LogP contribution is 2.36. The molecule has 0 aromatic heterocycles. The van der Waals surface area contributed by atoms with Gasteiger partial charge in [0.25, 0.3) is 0 Å². The lowest BCUT2D eigenvalue weighted by molar-refractivity contribution is 0.0967. The summed E-state index contributed by atoms with van der Waals surface area (Å²) in [5, 5.41) is 3.14. The molecule has 2 amide bonds. The van der Waals surface area contributed by atoms with Gasteiger partial charge >= 0.3 is 6.03 Å². The van der Waals surface area contributed by atoms with E-state index in [-0.39, 0.29) is 18.2 Å². The number of carbonyl (C=O) groups excluding carboxylic acids is 1. The summed E-state index contributed by atoms with van der Waals surface area (Å²) in [5.41, 5.74) is 0. The molecule has 4 heteroatoms. The first-order valence-electron chi connectivity index (χ1n) is 6.84. The van der Waals surface area contributed by atoms with Crippen molar-refractivity contribution in [2.45, 2.75) is 63.3 Å². The Morgan fingerprint density at radius 3 is 2.65 bits per heavy atom. The number of urea groups is 1. The summed E-state index contributed by atoms with van der Waals surface area (Å²) >= 11 is 0. The zero-order valence-corrected chi connectivity index (χ0v) is 10.7. The van der Waals surface area contributed by atoms with E-state index >= 15 is 0 Å². The Morgan fingerprint density at radius 2 is 2.12 bits per heavy atom. The van der Waals surface area contributed by atoms with E-state index in [2.05, 4.69) is 12.2 Å². The minimum absolute atomic E-state index is 0.0746. The van der Waals surface area contributed by atoms with Crippen molar-refractivity contribution in [1.82, 2.24) is 10.2 Å². The second-order valence-corrected chi connectivity index (χ2v) is 5.85. The lowest BCUT2D eigenvalue weighted by atomic mass is 9.96. The Hall–Kier alpha value is -0.770. The van der Waals surface area contributed by atoms with Crippen LogP contribution in [0.1, 0.15) is 39.0 Å². The maximum absolute atomic E-state index is 12.1. The van der Waals surface area contributed by atoms with E-state index in [1.54, 1.807) is 0 Å². The molecular weight excluding hydrogens is 216 g/mol. The number of ether oxygens (including phenoxy) is 1. The van der Waals surface area contributed by atoms with Crippen LogP contribution in [0.15, 0.2) is 0 Å². The maximum Gasteiger partial charge on any atom is 0.317 e. The van der Waals surface area contributed by atoms with Crippen molar-refractivity contribution in [2.24, 2.45) is 5.92 Å². The second kappa shape index (κ2) is 4.16. The van der Waals surface area contributed by atoms with Crippen molar-refractivity contribution in [3.63, 3.8) is 0 Å². The van der Waals surface area contributed by atoms with Gasteiger partial charge < -0.3 is 15.0 Å². The highest BCUT2D eigenvalue weighted by atomic mass is 16.5. The molecule has 2 saturated heterocycles.